The fourth-order valence-electron chi connectivity index (χ4n) is 4.67. The number of aromatic amines is 1. The van der Waals surface area contributed by atoms with E-state index in [4.69, 9.17) is 0 Å². The van der Waals surface area contributed by atoms with Crippen LogP contribution in [0.5, 0.6) is 0 Å². The Morgan fingerprint density at radius 2 is 2.25 bits per heavy atom. The van der Waals surface area contributed by atoms with E-state index < -0.39 is 0 Å². The molecule has 144 valence electrons. The van der Waals surface area contributed by atoms with Gasteiger partial charge >= 0.3 is 0 Å². The van der Waals surface area contributed by atoms with Gasteiger partial charge in [-0.05, 0) is 18.9 Å². The second kappa shape index (κ2) is 5.99. The molecule has 28 heavy (non-hydrogen) atoms. The van der Waals surface area contributed by atoms with Crippen LogP contribution in [0.25, 0.3) is 0 Å². The molecular formula is C19H21N7OS. The van der Waals surface area contributed by atoms with Crippen molar-refractivity contribution in [1.29, 1.82) is 0 Å². The fourth-order valence-corrected chi connectivity index (χ4v) is 5.22. The Labute approximate surface area is 166 Å². The van der Waals surface area contributed by atoms with E-state index in [9.17, 15) is 4.79 Å². The molecule has 1 unspecified atom stereocenters. The number of amides is 1. The molecule has 3 aliphatic rings. The van der Waals surface area contributed by atoms with Crippen molar-refractivity contribution in [3.05, 3.63) is 52.3 Å². The Kier molecular flexibility index (Phi) is 3.51. The molecule has 3 aromatic heterocycles. The van der Waals surface area contributed by atoms with Gasteiger partial charge in [0.2, 0.25) is 0 Å². The highest BCUT2D eigenvalue weighted by Gasteiger charge is 2.52. The molecular weight excluding hydrogens is 374 g/mol. The van der Waals surface area contributed by atoms with Crippen molar-refractivity contribution >= 4 is 17.2 Å². The SMILES string of the molecule is O=C(NC1CC2(CN(Cc3cscn3)C2)n2ccnc21)c1cc(C2CC2)[nH]n1. The Morgan fingerprint density at radius 1 is 1.36 bits per heavy atom. The van der Waals surface area contributed by atoms with Crippen LogP contribution in [-0.2, 0) is 12.1 Å². The summed E-state index contributed by atoms with van der Waals surface area (Å²) in [7, 11) is 0. The first-order valence-electron chi connectivity index (χ1n) is 9.69. The molecule has 1 amide bonds. The van der Waals surface area contributed by atoms with Crippen LogP contribution >= 0.6 is 11.3 Å². The topological polar surface area (TPSA) is 91.7 Å². The maximum atomic E-state index is 12.7. The van der Waals surface area contributed by atoms with Crippen LogP contribution in [0, 0.1) is 0 Å². The number of hydrogen-bond acceptors (Lipinski definition) is 6. The highest BCUT2D eigenvalue weighted by atomic mass is 32.1. The first-order valence-corrected chi connectivity index (χ1v) is 10.6. The summed E-state index contributed by atoms with van der Waals surface area (Å²) in [4.78, 5) is 24.1. The zero-order valence-corrected chi connectivity index (χ0v) is 16.2. The molecule has 6 rings (SSSR count). The number of aromatic nitrogens is 5. The Balaban J connectivity index is 1.16. The van der Waals surface area contributed by atoms with Gasteiger partial charge in [-0.15, -0.1) is 11.3 Å². The van der Waals surface area contributed by atoms with Gasteiger partial charge in [0.05, 0.1) is 22.8 Å². The average Bonchev–Trinajstić information content (AvgIpc) is 3.11. The lowest BCUT2D eigenvalue weighted by Crippen LogP contribution is -2.60. The maximum Gasteiger partial charge on any atom is 0.272 e. The van der Waals surface area contributed by atoms with Crippen LogP contribution in [0.3, 0.4) is 0 Å². The van der Waals surface area contributed by atoms with Gasteiger partial charge in [-0.1, -0.05) is 0 Å². The minimum absolute atomic E-state index is 0.0184. The van der Waals surface area contributed by atoms with Gasteiger partial charge in [-0.2, -0.15) is 5.10 Å². The fraction of sp³-hybridized carbons (Fsp3) is 0.474. The first kappa shape index (κ1) is 16.4. The summed E-state index contributed by atoms with van der Waals surface area (Å²) < 4.78 is 2.26. The van der Waals surface area contributed by atoms with Gasteiger partial charge < -0.3 is 9.88 Å². The molecule has 5 heterocycles. The molecule has 8 nitrogen and oxygen atoms in total. The summed E-state index contributed by atoms with van der Waals surface area (Å²) in [5, 5.41) is 12.5. The monoisotopic (exact) mass is 395 g/mol. The minimum Gasteiger partial charge on any atom is -0.341 e. The van der Waals surface area contributed by atoms with Crippen molar-refractivity contribution in [1.82, 2.24) is 34.9 Å². The molecule has 2 fully saturated rings. The molecule has 2 aliphatic heterocycles. The van der Waals surface area contributed by atoms with Crippen molar-refractivity contribution in [2.24, 2.45) is 0 Å². The van der Waals surface area contributed by atoms with Gasteiger partial charge in [-0.3, -0.25) is 14.8 Å². The predicted molar refractivity (Wildman–Crippen MR) is 103 cm³/mol. The lowest BCUT2D eigenvalue weighted by atomic mass is 9.86. The molecule has 1 aliphatic carbocycles. The van der Waals surface area contributed by atoms with Crippen LogP contribution in [0.2, 0.25) is 0 Å². The van der Waals surface area contributed by atoms with Crippen molar-refractivity contribution in [2.75, 3.05) is 13.1 Å². The standard InChI is InChI=1S/C19H21N7OS/c27-18(15-5-14(23-24-15)12-1-2-12)22-16-6-19(26-4-3-20-17(16)26)9-25(10-19)7-13-8-28-11-21-13/h3-5,8,11-12,16H,1-2,6-7,9-10H2,(H,22,27)(H,23,24). The molecule has 2 N–H and O–H groups in total. The summed E-state index contributed by atoms with van der Waals surface area (Å²) in [6, 6.07) is 1.81. The molecule has 1 saturated carbocycles. The number of carbonyl (C=O) groups excluding carboxylic acids is 1. The van der Waals surface area contributed by atoms with Crippen LogP contribution in [0.15, 0.2) is 29.4 Å². The Morgan fingerprint density at radius 3 is 3.04 bits per heavy atom. The maximum absolute atomic E-state index is 12.7. The average molecular weight is 395 g/mol. The quantitative estimate of drug-likeness (QED) is 0.690. The summed E-state index contributed by atoms with van der Waals surface area (Å²) in [5.41, 5.74) is 4.57. The molecule has 0 bridgehead atoms. The molecule has 1 saturated heterocycles. The first-order chi connectivity index (χ1) is 13.7. The van der Waals surface area contributed by atoms with E-state index in [-0.39, 0.29) is 17.5 Å². The van der Waals surface area contributed by atoms with Crippen molar-refractivity contribution in [2.45, 2.75) is 43.3 Å². The number of hydrogen-bond donors (Lipinski definition) is 2. The van der Waals surface area contributed by atoms with Crippen LogP contribution < -0.4 is 5.32 Å². The normalized spacial score (nSPS) is 22.9. The van der Waals surface area contributed by atoms with E-state index in [1.54, 1.807) is 11.3 Å². The molecule has 0 aromatic carbocycles. The summed E-state index contributed by atoms with van der Waals surface area (Å²) in [6.07, 6.45) is 7.11. The van der Waals surface area contributed by atoms with Crippen molar-refractivity contribution in [3.63, 3.8) is 0 Å². The molecule has 3 aromatic rings. The number of thiazole rings is 1. The lowest BCUT2D eigenvalue weighted by molar-refractivity contribution is 0.00678. The molecule has 1 atom stereocenters. The largest absolute Gasteiger partial charge is 0.341 e. The van der Waals surface area contributed by atoms with Crippen LogP contribution in [0.4, 0.5) is 0 Å². The number of nitrogens with one attached hydrogen (secondary N) is 2. The third kappa shape index (κ3) is 2.61. The van der Waals surface area contributed by atoms with E-state index in [0.717, 1.165) is 43.3 Å². The summed E-state index contributed by atoms with van der Waals surface area (Å²) >= 11 is 1.63. The Hall–Kier alpha value is -2.52. The van der Waals surface area contributed by atoms with E-state index >= 15 is 0 Å². The van der Waals surface area contributed by atoms with Gasteiger partial charge in [0.25, 0.3) is 5.91 Å². The second-order valence-corrected chi connectivity index (χ2v) is 8.94. The van der Waals surface area contributed by atoms with Gasteiger partial charge in [0.1, 0.15) is 11.5 Å². The summed E-state index contributed by atoms with van der Waals surface area (Å²) in [6.45, 7) is 2.78. The van der Waals surface area contributed by atoms with E-state index in [1.165, 1.54) is 12.8 Å². The highest BCUT2D eigenvalue weighted by Crippen LogP contribution is 2.45. The molecule has 1 spiro atoms. The zero-order valence-electron chi connectivity index (χ0n) is 15.3. The van der Waals surface area contributed by atoms with Gasteiger partial charge in [0.15, 0.2) is 0 Å². The number of rotatable bonds is 5. The minimum atomic E-state index is -0.126. The van der Waals surface area contributed by atoms with Gasteiger partial charge in [-0.25, -0.2) is 9.97 Å². The van der Waals surface area contributed by atoms with Crippen LogP contribution in [0.1, 0.15) is 58.9 Å². The highest BCUT2D eigenvalue weighted by molar-refractivity contribution is 7.07. The van der Waals surface area contributed by atoms with Gasteiger partial charge in [0, 0.05) is 55.4 Å². The van der Waals surface area contributed by atoms with E-state index in [2.05, 4.69) is 40.3 Å². The number of imidazole rings is 1. The second-order valence-electron chi connectivity index (χ2n) is 8.22. The van der Waals surface area contributed by atoms with Crippen LogP contribution in [-0.4, -0.2) is 48.6 Å². The number of likely N-dealkylation sites (tertiary alicyclic amines) is 1. The summed E-state index contributed by atoms with van der Waals surface area (Å²) in [5.74, 6) is 1.37. The number of carbonyl (C=O) groups is 1. The number of nitrogens with zero attached hydrogens (tertiary/aromatic N) is 5. The molecule has 9 heteroatoms. The Bertz CT molecular complexity index is 1010. The lowest BCUT2D eigenvalue weighted by Gasteiger charge is -2.49. The predicted octanol–water partition coefficient (Wildman–Crippen LogP) is 2.03. The zero-order chi connectivity index (χ0) is 18.7. The van der Waals surface area contributed by atoms with E-state index in [0.29, 0.717) is 11.6 Å². The smallest absolute Gasteiger partial charge is 0.272 e. The van der Waals surface area contributed by atoms with E-state index in [1.807, 2.05) is 24.0 Å². The third-order valence-electron chi connectivity index (χ3n) is 6.13. The third-order valence-corrected chi connectivity index (χ3v) is 6.77. The number of H-pyrrole nitrogens is 1. The number of fused-ring (bicyclic) bond motifs is 2. The molecule has 0 radical (unpaired) electrons. The van der Waals surface area contributed by atoms with Crippen molar-refractivity contribution in [3.8, 4) is 0 Å². The van der Waals surface area contributed by atoms with Crippen molar-refractivity contribution < 1.29 is 4.79 Å².